The summed E-state index contributed by atoms with van der Waals surface area (Å²) in [7, 11) is 0. The molecule has 0 spiro atoms. The van der Waals surface area contributed by atoms with E-state index in [4.69, 9.17) is 8.83 Å². The second kappa shape index (κ2) is 9.13. The van der Waals surface area contributed by atoms with Crippen molar-refractivity contribution in [1.82, 2.24) is 15.2 Å². The Balaban J connectivity index is 1.20. The van der Waals surface area contributed by atoms with Crippen molar-refractivity contribution in [2.75, 3.05) is 19.6 Å². The topological polar surface area (TPSA) is 91.3 Å². The number of furan rings is 2. The van der Waals surface area contributed by atoms with Crippen molar-refractivity contribution in [3.63, 3.8) is 0 Å². The van der Waals surface area contributed by atoms with E-state index in [9.17, 15) is 9.59 Å². The number of nitrogens with zero attached hydrogens (tertiary/aromatic N) is 3. The highest BCUT2D eigenvalue weighted by atomic mass is 32.1. The third kappa shape index (κ3) is 4.39. The molecule has 9 heteroatoms. The molecule has 0 bridgehead atoms. The molecule has 2 amide bonds. The molecule has 1 atom stereocenters. The first-order valence-corrected chi connectivity index (χ1v) is 11.6. The standard InChI is InChI=1S/C23H24N4O4S/c28-22(14-26-8-5-17(6-9-26)24-23(29)16-7-12-32-15-16)27-19(21-4-2-11-31-21)13-18(25-27)20-3-1-10-30-20/h1-4,7,10-12,15,17,19H,5-6,8-9,13-14H2,(H,24,29). The van der Waals surface area contributed by atoms with Crippen LogP contribution in [0.2, 0.25) is 0 Å². The fourth-order valence-electron chi connectivity index (χ4n) is 4.20. The smallest absolute Gasteiger partial charge is 0.257 e. The van der Waals surface area contributed by atoms with E-state index >= 15 is 0 Å². The predicted octanol–water partition coefficient (Wildman–Crippen LogP) is 3.51. The minimum absolute atomic E-state index is 0.0288. The van der Waals surface area contributed by atoms with Crippen LogP contribution in [0.25, 0.3) is 0 Å². The summed E-state index contributed by atoms with van der Waals surface area (Å²) >= 11 is 1.51. The van der Waals surface area contributed by atoms with Crippen LogP contribution in [0.3, 0.4) is 0 Å². The molecule has 2 aliphatic heterocycles. The van der Waals surface area contributed by atoms with E-state index in [1.54, 1.807) is 12.5 Å². The fraction of sp³-hybridized carbons (Fsp3) is 0.348. The lowest BCUT2D eigenvalue weighted by atomic mass is 10.0. The molecule has 3 aromatic rings. The van der Waals surface area contributed by atoms with Gasteiger partial charge in [0.1, 0.15) is 23.3 Å². The highest BCUT2D eigenvalue weighted by Gasteiger charge is 2.36. The van der Waals surface area contributed by atoms with Crippen LogP contribution in [0.4, 0.5) is 0 Å². The van der Waals surface area contributed by atoms with Crippen molar-refractivity contribution < 1.29 is 18.4 Å². The molecule has 0 aliphatic carbocycles. The van der Waals surface area contributed by atoms with Crippen LogP contribution < -0.4 is 5.32 Å². The molecule has 0 radical (unpaired) electrons. The summed E-state index contributed by atoms with van der Waals surface area (Å²) in [6.45, 7) is 1.76. The zero-order valence-corrected chi connectivity index (χ0v) is 18.3. The van der Waals surface area contributed by atoms with Crippen LogP contribution in [-0.2, 0) is 4.79 Å². The molecule has 5 rings (SSSR count). The van der Waals surface area contributed by atoms with Gasteiger partial charge in [-0.05, 0) is 48.6 Å². The van der Waals surface area contributed by atoms with Crippen molar-refractivity contribution in [3.05, 3.63) is 70.7 Å². The molecule has 1 N–H and O–H groups in total. The number of likely N-dealkylation sites (tertiary alicyclic amines) is 1. The third-order valence-corrected chi connectivity index (χ3v) is 6.59. The molecule has 0 aromatic carbocycles. The largest absolute Gasteiger partial charge is 0.467 e. The van der Waals surface area contributed by atoms with Gasteiger partial charge in [-0.3, -0.25) is 14.5 Å². The summed E-state index contributed by atoms with van der Waals surface area (Å²) in [5.41, 5.74) is 1.44. The molecule has 166 valence electrons. The van der Waals surface area contributed by atoms with E-state index in [2.05, 4.69) is 15.3 Å². The van der Waals surface area contributed by atoms with Crippen LogP contribution in [0.5, 0.6) is 0 Å². The van der Waals surface area contributed by atoms with E-state index < -0.39 is 0 Å². The van der Waals surface area contributed by atoms with Crippen LogP contribution in [0.1, 0.15) is 47.2 Å². The number of piperidine rings is 1. The highest BCUT2D eigenvalue weighted by molar-refractivity contribution is 7.08. The molecule has 32 heavy (non-hydrogen) atoms. The van der Waals surface area contributed by atoms with Crippen molar-refractivity contribution >= 4 is 28.9 Å². The third-order valence-electron chi connectivity index (χ3n) is 5.91. The van der Waals surface area contributed by atoms with Gasteiger partial charge >= 0.3 is 0 Å². The van der Waals surface area contributed by atoms with Crippen LogP contribution in [0, 0.1) is 0 Å². The summed E-state index contributed by atoms with van der Waals surface area (Å²) in [6, 6.07) is 9.02. The number of hydrazone groups is 1. The summed E-state index contributed by atoms with van der Waals surface area (Å²) < 4.78 is 11.1. The lowest BCUT2D eigenvalue weighted by Crippen LogP contribution is -2.47. The van der Waals surface area contributed by atoms with Gasteiger partial charge in [-0.15, -0.1) is 0 Å². The number of carbonyl (C=O) groups is 2. The van der Waals surface area contributed by atoms with Gasteiger partial charge < -0.3 is 14.2 Å². The van der Waals surface area contributed by atoms with Gasteiger partial charge in [-0.2, -0.15) is 16.4 Å². The zero-order chi connectivity index (χ0) is 21.9. The Hall–Kier alpha value is -3.17. The van der Waals surface area contributed by atoms with E-state index in [0.29, 0.717) is 23.5 Å². The number of amides is 2. The minimum Gasteiger partial charge on any atom is -0.467 e. The summed E-state index contributed by atoms with van der Waals surface area (Å²) in [4.78, 5) is 27.6. The lowest BCUT2D eigenvalue weighted by molar-refractivity contribution is -0.134. The van der Waals surface area contributed by atoms with Gasteiger partial charge in [0.15, 0.2) is 0 Å². The zero-order valence-electron chi connectivity index (χ0n) is 17.5. The number of hydrogen-bond acceptors (Lipinski definition) is 7. The molecule has 0 saturated carbocycles. The molecule has 2 aliphatic rings. The maximum atomic E-state index is 13.2. The van der Waals surface area contributed by atoms with Gasteiger partial charge in [0.2, 0.25) is 0 Å². The van der Waals surface area contributed by atoms with Gasteiger partial charge in [-0.1, -0.05) is 0 Å². The van der Waals surface area contributed by atoms with Crippen LogP contribution >= 0.6 is 11.3 Å². The monoisotopic (exact) mass is 452 g/mol. The molecule has 1 fully saturated rings. The highest BCUT2D eigenvalue weighted by Crippen LogP contribution is 2.33. The van der Waals surface area contributed by atoms with E-state index in [-0.39, 0.29) is 30.4 Å². The first-order valence-electron chi connectivity index (χ1n) is 10.7. The Kier molecular flexibility index (Phi) is 5.91. The Morgan fingerprint density at radius 3 is 2.62 bits per heavy atom. The average molecular weight is 453 g/mol. The SMILES string of the molecule is O=C(NC1CCN(CC(=O)N2N=C(c3ccco3)CC2c2ccco2)CC1)c1ccsc1. The summed E-state index contributed by atoms with van der Waals surface area (Å²) in [5, 5.41) is 13.0. The van der Waals surface area contributed by atoms with Gasteiger partial charge in [-0.25, -0.2) is 5.01 Å². The van der Waals surface area contributed by atoms with Crippen molar-refractivity contribution in [3.8, 4) is 0 Å². The molecule has 1 unspecified atom stereocenters. The van der Waals surface area contributed by atoms with Gasteiger partial charge in [0, 0.05) is 36.5 Å². The molecular formula is C23H24N4O4S. The Morgan fingerprint density at radius 1 is 1.12 bits per heavy atom. The first kappa shape index (κ1) is 20.7. The molecule has 5 heterocycles. The number of rotatable bonds is 6. The predicted molar refractivity (Wildman–Crippen MR) is 119 cm³/mol. The summed E-state index contributed by atoms with van der Waals surface area (Å²) in [6.07, 6.45) is 5.38. The van der Waals surface area contributed by atoms with Crippen molar-refractivity contribution in [1.29, 1.82) is 0 Å². The van der Waals surface area contributed by atoms with E-state index in [0.717, 1.165) is 31.6 Å². The maximum Gasteiger partial charge on any atom is 0.257 e. The van der Waals surface area contributed by atoms with Crippen molar-refractivity contribution in [2.45, 2.75) is 31.3 Å². The normalized spacial score (nSPS) is 19.8. The fourth-order valence-corrected chi connectivity index (χ4v) is 4.83. The van der Waals surface area contributed by atoms with Gasteiger partial charge in [0.25, 0.3) is 11.8 Å². The number of carbonyl (C=O) groups excluding carboxylic acids is 2. The van der Waals surface area contributed by atoms with E-state index in [1.807, 2.05) is 41.1 Å². The number of hydrogen-bond donors (Lipinski definition) is 1. The minimum atomic E-state index is -0.278. The van der Waals surface area contributed by atoms with Gasteiger partial charge in [0.05, 0.1) is 19.1 Å². The quantitative estimate of drug-likeness (QED) is 0.618. The second-order valence-corrected chi connectivity index (χ2v) is 8.81. The van der Waals surface area contributed by atoms with Crippen LogP contribution in [-0.4, -0.2) is 53.1 Å². The Labute approximate surface area is 189 Å². The van der Waals surface area contributed by atoms with E-state index in [1.165, 1.54) is 16.3 Å². The number of nitrogens with one attached hydrogen (secondary N) is 1. The maximum absolute atomic E-state index is 13.2. The summed E-state index contributed by atoms with van der Waals surface area (Å²) in [5.74, 6) is 1.27. The Morgan fingerprint density at radius 2 is 1.94 bits per heavy atom. The molecule has 8 nitrogen and oxygen atoms in total. The molecular weight excluding hydrogens is 428 g/mol. The second-order valence-electron chi connectivity index (χ2n) is 8.03. The number of thiophene rings is 1. The first-order chi connectivity index (χ1) is 15.7. The molecule has 3 aromatic heterocycles. The molecule has 1 saturated heterocycles. The van der Waals surface area contributed by atoms with Crippen molar-refractivity contribution in [2.24, 2.45) is 5.10 Å². The Bertz CT molecular complexity index is 1070. The van der Waals surface area contributed by atoms with Crippen LogP contribution in [0.15, 0.2) is 67.6 Å². The average Bonchev–Trinajstić information content (AvgIpc) is 3.61. The lowest BCUT2D eigenvalue weighted by Gasteiger charge is -2.32.